The highest BCUT2D eigenvalue weighted by molar-refractivity contribution is 5.95. The fourth-order valence-corrected chi connectivity index (χ4v) is 6.67. The van der Waals surface area contributed by atoms with E-state index in [9.17, 15) is 24.0 Å². The number of cyclic esters (lactones) is 1. The monoisotopic (exact) mass is 628 g/mol. The zero-order chi connectivity index (χ0) is 33.4. The van der Waals surface area contributed by atoms with E-state index in [2.05, 4.69) is 4.98 Å². The molecule has 4 rings (SSSR count). The summed E-state index contributed by atoms with van der Waals surface area (Å²) in [6.45, 7) is 5.43. The highest BCUT2D eigenvalue weighted by Crippen LogP contribution is 2.65. The summed E-state index contributed by atoms with van der Waals surface area (Å²) in [4.78, 5) is 64.7. The van der Waals surface area contributed by atoms with Crippen LogP contribution in [0.4, 0.5) is 0 Å². The van der Waals surface area contributed by atoms with E-state index >= 15 is 0 Å². The number of rotatable bonds is 10. The van der Waals surface area contributed by atoms with Crippen LogP contribution in [0.1, 0.15) is 76.9 Å². The van der Waals surface area contributed by atoms with Crippen molar-refractivity contribution in [1.29, 1.82) is 0 Å². The third-order valence-corrected chi connectivity index (χ3v) is 9.00. The third kappa shape index (κ3) is 7.42. The van der Waals surface area contributed by atoms with Gasteiger partial charge in [-0.15, -0.1) is 0 Å². The number of nitrogens with zero attached hydrogens (tertiary/aromatic N) is 2. The zero-order valence-electron chi connectivity index (χ0n) is 26.3. The quantitative estimate of drug-likeness (QED) is 0.113. The van der Waals surface area contributed by atoms with Crippen molar-refractivity contribution in [3.63, 3.8) is 0 Å². The van der Waals surface area contributed by atoms with Crippen LogP contribution in [0.2, 0.25) is 0 Å². The molecule has 0 amide bonds. The minimum absolute atomic E-state index is 0.223. The van der Waals surface area contributed by atoms with Gasteiger partial charge in [0, 0.05) is 36.4 Å². The number of esters is 3. The number of nitrogens with two attached hydrogens (primary N) is 2. The molecule has 1 unspecified atom stereocenters. The molecular weight excluding hydrogens is 584 g/mol. The summed E-state index contributed by atoms with van der Waals surface area (Å²) < 4.78 is 18.3. The number of unbranched alkanes of at least 4 members (excludes halogenated alkanes) is 1. The molecule has 0 aromatic carbocycles. The molecule has 1 aromatic rings. The van der Waals surface area contributed by atoms with Crippen molar-refractivity contribution < 1.29 is 43.3 Å². The van der Waals surface area contributed by atoms with Crippen LogP contribution in [-0.2, 0) is 33.4 Å². The summed E-state index contributed by atoms with van der Waals surface area (Å²) >= 11 is 0. The molecular formula is C32H44N4O9. The minimum Gasteiger partial charge on any atom is -0.480 e. The highest BCUT2D eigenvalue weighted by atomic mass is 16.6. The average molecular weight is 629 g/mol. The van der Waals surface area contributed by atoms with E-state index < -0.39 is 46.5 Å². The van der Waals surface area contributed by atoms with Crippen LogP contribution in [0.25, 0.3) is 0 Å². The fraction of sp³-hybridized carbons (Fsp3) is 0.562. The predicted octanol–water partition coefficient (Wildman–Crippen LogP) is 2.85. The first-order valence-electron chi connectivity index (χ1n) is 15.0. The maximum Gasteiger partial charge on any atom is 0.333 e. The van der Waals surface area contributed by atoms with Crippen molar-refractivity contribution in [2.75, 3.05) is 13.7 Å². The molecule has 45 heavy (non-hydrogen) atoms. The number of carboxylic acid groups (broad SMARTS) is 1. The number of hydrogen-bond donors (Lipinski definition) is 3. The van der Waals surface area contributed by atoms with E-state index in [1.165, 1.54) is 31.1 Å². The summed E-state index contributed by atoms with van der Waals surface area (Å²) in [6, 6.07) is -0.716. The number of methoxy groups -OCH3 is 1. The molecule has 0 radical (unpaired) electrons. The Kier molecular flexibility index (Phi) is 11.6. The molecule has 2 fully saturated rings. The summed E-state index contributed by atoms with van der Waals surface area (Å²) in [6.07, 6.45) is 15.5. The number of hydrogen-bond acceptors (Lipinski definition) is 11. The van der Waals surface area contributed by atoms with Crippen LogP contribution in [0.3, 0.4) is 0 Å². The van der Waals surface area contributed by atoms with Crippen molar-refractivity contribution in [3.05, 3.63) is 54.2 Å². The summed E-state index contributed by atoms with van der Waals surface area (Å²) in [5.74, 6) is -2.86. The van der Waals surface area contributed by atoms with Gasteiger partial charge in [-0.3, -0.25) is 23.7 Å². The molecule has 13 heteroatoms. The smallest absolute Gasteiger partial charge is 0.333 e. The van der Waals surface area contributed by atoms with Crippen molar-refractivity contribution in [2.45, 2.75) is 89.4 Å². The van der Waals surface area contributed by atoms with E-state index in [0.717, 1.165) is 12.8 Å². The van der Waals surface area contributed by atoms with E-state index in [0.29, 0.717) is 49.8 Å². The van der Waals surface area contributed by atoms with Crippen molar-refractivity contribution in [3.8, 4) is 0 Å². The molecule has 2 bridgehead atoms. The van der Waals surface area contributed by atoms with Crippen LogP contribution >= 0.6 is 0 Å². The van der Waals surface area contributed by atoms with Crippen LogP contribution < -0.4 is 11.5 Å². The van der Waals surface area contributed by atoms with Crippen LogP contribution in [0.5, 0.6) is 0 Å². The predicted molar refractivity (Wildman–Crippen MR) is 162 cm³/mol. The lowest BCUT2D eigenvalue weighted by Gasteiger charge is -2.54. The summed E-state index contributed by atoms with van der Waals surface area (Å²) in [5.41, 5.74) is 8.11. The van der Waals surface area contributed by atoms with E-state index in [-0.39, 0.29) is 18.2 Å². The Morgan fingerprint density at radius 3 is 2.58 bits per heavy atom. The van der Waals surface area contributed by atoms with Gasteiger partial charge in [0.1, 0.15) is 29.0 Å². The van der Waals surface area contributed by atoms with Gasteiger partial charge < -0.3 is 30.8 Å². The van der Waals surface area contributed by atoms with Gasteiger partial charge in [0.2, 0.25) is 0 Å². The van der Waals surface area contributed by atoms with E-state index in [1.54, 1.807) is 44.3 Å². The standard InChI is InChI=1S/C26H30N2O7.C6H14N2O2/c1-17(21(30)28-15-14-27-16-28)6-5-10-24(3)20-9-12-25(23(32)35-24)11-7-19(22(31)33-4)8-13-26(20,25)34-18(2)29;7-4-2-1-3-5(8)6(9)10/h5-7,10,14-16,20H,8-9,11-13H2,1-4H3;5H,1-4,7-8H2,(H,9,10)/b10-5+,17-6+;/t20-,24+,25+,26-;/m0./s1. The maximum atomic E-state index is 13.6. The molecule has 5 N–H and O–H groups in total. The summed E-state index contributed by atoms with van der Waals surface area (Å²) in [7, 11) is 1.32. The lowest BCUT2D eigenvalue weighted by molar-refractivity contribution is -0.235. The van der Waals surface area contributed by atoms with Crippen LogP contribution in [0.15, 0.2) is 54.2 Å². The number of ether oxygens (including phenoxy) is 3. The second-order valence-electron chi connectivity index (χ2n) is 11.9. The molecule has 1 saturated heterocycles. The number of carbonyl (C=O) groups is 5. The number of aromatic nitrogens is 2. The second kappa shape index (κ2) is 14.8. The molecule has 246 valence electrons. The molecule has 1 aliphatic heterocycles. The first kappa shape index (κ1) is 35.4. The van der Waals surface area contributed by atoms with Gasteiger partial charge in [-0.05, 0) is 71.4 Å². The second-order valence-corrected chi connectivity index (χ2v) is 11.9. The zero-order valence-corrected chi connectivity index (χ0v) is 26.3. The molecule has 5 atom stereocenters. The lowest BCUT2D eigenvalue weighted by atomic mass is 9.62. The Hall–Kier alpha value is -4.10. The Morgan fingerprint density at radius 2 is 1.98 bits per heavy atom. The van der Waals surface area contributed by atoms with Gasteiger partial charge >= 0.3 is 23.9 Å². The molecule has 1 saturated carbocycles. The van der Waals surface area contributed by atoms with Gasteiger partial charge in [-0.2, -0.15) is 0 Å². The first-order chi connectivity index (χ1) is 21.3. The number of carbonyl (C=O) groups excluding carboxylic acids is 4. The SMILES string of the molecule is COC(=O)C1=CC[C@@]23CC[C@@H]([C@@](C)(/C=C/C=C(\C)C(=O)n4ccnc4)OC2=O)[C@@]3(OC(C)=O)CC1.NCCCCC(N)C(=O)O. The molecule has 3 aliphatic rings. The maximum absolute atomic E-state index is 13.6. The minimum atomic E-state index is -1.12. The number of carboxylic acids is 1. The Labute approximate surface area is 262 Å². The van der Waals surface area contributed by atoms with Crippen LogP contribution in [-0.4, -0.2) is 75.3 Å². The van der Waals surface area contributed by atoms with Crippen molar-refractivity contribution >= 4 is 29.8 Å². The normalized spacial score (nSPS) is 28.0. The van der Waals surface area contributed by atoms with Gasteiger partial charge in [0.25, 0.3) is 5.91 Å². The topological polar surface area (TPSA) is 203 Å². The lowest BCUT2D eigenvalue weighted by Crippen LogP contribution is -2.65. The van der Waals surface area contributed by atoms with E-state index in [4.69, 9.17) is 30.8 Å². The Bertz CT molecular complexity index is 1370. The molecule has 0 spiro atoms. The van der Waals surface area contributed by atoms with Crippen molar-refractivity contribution in [1.82, 2.24) is 9.55 Å². The number of imidazole rings is 1. The van der Waals surface area contributed by atoms with Crippen molar-refractivity contribution in [2.24, 2.45) is 22.8 Å². The van der Waals surface area contributed by atoms with Gasteiger partial charge in [0.05, 0.1) is 7.11 Å². The number of aliphatic carboxylic acids is 1. The molecule has 2 aliphatic carbocycles. The first-order valence-corrected chi connectivity index (χ1v) is 15.0. The fourth-order valence-electron chi connectivity index (χ4n) is 6.67. The highest BCUT2D eigenvalue weighted by Gasteiger charge is 2.74. The van der Waals surface area contributed by atoms with Crippen LogP contribution in [0, 0.1) is 11.3 Å². The summed E-state index contributed by atoms with van der Waals surface area (Å²) in [5, 5.41) is 8.33. The Balaban J connectivity index is 0.000000477. The van der Waals surface area contributed by atoms with Gasteiger partial charge in [-0.25, -0.2) is 9.78 Å². The van der Waals surface area contributed by atoms with E-state index in [1.807, 2.05) is 0 Å². The molecule has 2 heterocycles. The number of allylic oxidation sites excluding steroid dienone is 4. The average Bonchev–Trinajstić information content (AvgIpc) is 3.57. The largest absolute Gasteiger partial charge is 0.480 e. The third-order valence-electron chi connectivity index (χ3n) is 9.00. The molecule has 13 nitrogen and oxygen atoms in total. The Morgan fingerprint density at radius 1 is 1.24 bits per heavy atom. The molecule has 1 aromatic heterocycles. The van der Waals surface area contributed by atoms with Gasteiger partial charge in [0.15, 0.2) is 0 Å². The van der Waals surface area contributed by atoms with Gasteiger partial charge in [-0.1, -0.05) is 24.6 Å².